The Balaban J connectivity index is 2.86. The lowest BCUT2D eigenvalue weighted by Crippen LogP contribution is -2.40. The van der Waals surface area contributed by atoms with Gasteiger partial charge in [0.2, 0.25) is 0 Å². The van der Waals surface area contributed by atoms with Crippen LogP contribution in [0.3, 0.4) is 0 Å². The Morgan fingerprint density at radius 1 is 1.33 bits per heavy atom. The summed E-state index contributed by atoms with van der Waals surface area (Å²) in [5.74, 6) is 1.06. The van der Waals surface area contributed by atoms with E-state index in [2.05, 4.69) is 40.0 Å². The van der Waals surface area contributed by atoms with Crippen molar-refractivity contribution in [2.45, 2.75) is 27.2 Å². The fourth-order valence-corrected chi connectivity index (χ4v) is 3.09. The van der Waals surface area contributed by atoms with Gasteiger partial charge in [-0.15, -0.1) is 0 Å². The summed E-state index contributed by atoms with van der Waals surface area (Å²) in [4.78, 5) is 14.6. The number of amides is 1. The van der Waals surface area contributed by atoms with Crippen LogP contribution in [0.25, 0.3) is 0 Å². The van der Waals surface area contributed by atoms with Crippen molar-refractivity contribution in [3.63, 3.8) is 0 Å². The lowest BCUT2D eigenvalue weighted by atomic mass is 9.93. The number of methoxy groups -OCH3 is 1. The number of nitrogens with zero attached hydrogens (tertiary/aromatic N) is 1. The molecule has 1 aromatic carbocycles. The zero-order valence-corrected chi connectivity index (χ0v) is 17.1. The second-order valence-corrected chi connectivity index (χ2v) is 7.78. The number of nitrogens with one attached hydrogen (secondary N) is 1. The number of ether oxygens (including phenoxy) is 2. The van der Waals surface area contributed by atoms with Crippen LogP contribution < -0.4 is 14.8 Å². The van der Waals surface area contributed by atoms with Crippen molar-refractivity contribution in [3.8, 4) is 11.5 Å². The van der Waals surface area contributed by atoms with E-state index in [1.807, 2.05) is 21.0 Å². The molecule has 1 aromatic rings. The maximum atomic E-state index is 12.5. The van der Waals surface area contributed by atoms with E-state index in [9.17, 15) is 4.79 Å². The van der Waals surface area contributed by atoms with Crippen molar-refractivity contribution in [3.05, 3.63) is 22.2 Å². The van der Waals surface area contributed by atoms with Crippen molar-refractivity contribution in [2.24, 2.45) is 5.41 Å². The Kier molecular flexibility index (Phi) is 8.03. The Labute approximate surface area is 153 Å². The second-order valence-electron chi connectivity index (χ2n) is 6.92. The SMILES string of the molecule is CCCOc1c(Br)cc(C(=O)NCC(C)(C)CN(C)C)cc1OC. The topological polar surface area (TPSA) is 50.8 Å². The average molecular weight is 401 g/mol. The molecule has 0 saturated carbocycles. The summed E-state index contributed by atoms with van der Waals surface area (Å²) in [5.41, 5.74) is 0.535. The van der Waals surface area contributed by atoms with Crippen LogP contribution in [0.15, 0.2) is 16.6 Å². The zero-order valence-electron chi connectivity index (χ0n) is 15.5. The molecular formula is C18H29BrN2O3. The summed E-state index contributed by atoms with van der Waals surface area (Å²) in [6.07, 6.45) is 0.902. The number of hydrogen-bond donors (Lipinski definition) is 1. The van der Waals surface area contributed by atoms with Gasteiger partial charge in [-0.3, -0.25) is 4.79 Å². The van der Waals surface area contributed by atoms with E-state index in [1.54, 1.807) is 19.2 Å². The van der Waals surface area contributed by atoms with Crippen molar-refractivity contribution in [1.29, 1.82) is 0 Å². The molecule has 0 heterocycles. The second kappa shape index (κ2) is 9.28. The van der Waals surface area contributed by atoms with Gasteiger partial charge in [0.05, 0.1) is 18.2 Å². The largest absolute Gasteiger partial charge is 0.493 e. The number of benzene rings is 1. The number of rotatable bonds is 9. The predicted molar refractivity (Wildman–Crippen MR) is 101 cm³/mol. The van der Waals surface area contributed by atoms with E-state index in [1.165, 1.54) is 0 Å². The van der Waals surface area contributed by atoms with Crippen LogP contribution in [0.2, 0.25) is 0 Å². The minimum absolute atomic E-state index is 0.00927. The fraction of sp³-hybridized carbons (Fsp3) is 0.611. The molecule has 0 aliphatic rings. The maximum absolute atomic E-state index is 12.5. The van der Waals surface area contributed by atoms with E-state index >= 15 is 0 Å². The number of carbonyl (C=O) groups is 1. The molecular weight excluding hydrogens is 372 g/mol. The number of carbonyl (C=O) groups excluding carboxylic acids is 1. The van der Waals surface area contributed by atoms with Gasteiger partial charge in [-0.1, -0.05) is 20.8 Å². The van der Waals surface area contributed by atoms with Gasteiger partial charge in [0.25, 0.3) is 5.91 Å². The molecule has 5 nitrogen and oxygen atoms in total. The quantitative estimate of drug-likeness (QED) is 0.688. The molecule has 24 heavy (non-hydrogen) atoms. The van der Waals surface area contributed by atoms with E-state index in [-0.39, 0.29) is 11.3 Å². The number of hydrogen-bond acceptors (Lipinski definition) is 4. The van der Waals surface area contributed by atoms with Gasteiger partial charge in [-0.25, -0.2) is 0 Å². The zero-order chi connectivity index (χ0) is 18.3. The van der Waals surface area contributed by atoms with E-state index in [0.29, 0.717) is 34.7 Å². The van der Waals surface area contributed by atoms with Gasteiger partial charge < -0.3 is 19.7 Å². The van der Waals surface area contributed by atoms with Crippen LogP contribution in [-0.2, 0) is 0 Å². The van der Waals surface area contributed by atoms with Gasteiger partial charge in [-0.2, -0.15) is 0 Å². The first-order chi connectivity index (χ1) is 11.2. The highest BCUT2D eigenvalue weighted by Gasteiger charge is 2.21. The normalized spacial score (nSPS) is 11.5. The molecule has 1 N–H and O–H groups in total. The van der Waals surface area contributed by atoms with Crippen LogP contribution in [-0.4, -0.2) is 51.7 Å². The third-order valence-corrected chi connectivity index (χ3v) is 4.00. The van der Waals surface area contributed by atoms with Gasteiger partial charge in [-0.05, 0) is 54.0 Å². The molecule has 6 heteroatoms. The average Bonchev–Trinajstić information content (AvgIpc) is 2.49. The molecule has 0 fully saturated rings. The molecule has 0 atom stereocenters. The van der Waals surface area contributed by atoms with Gasteiger partial charge in [0, 0.05) is 18.7 Å². The summed E-state index contributed by atoms with van der Waals surface area (Å²) in [5, 5.41) is 3.00. The van der Waals surface area contributed by atoms with Crippen molar-refractivity contribution in [2.75, 3.05) is 40.9 Å². The first-order valence-corrected chi connectivity index (χ1v) is 8.92. The highest BCUT2D eigenvalue weighted by molar-refractivity contribution is 9.10. The lowest BCUT2D eigenvalue weighted by molar-refractivity contribution is 0.0928. The third kappa shape index (κ3) is 6.32. The van der Waals surface area contributed by atoms with E-state index in [0.717, 1.165) is 13.0 Å². The Bertz CT molecular complexity index is 559. The molecule has 0 spiro atoms. The van der Waals surface area contributed by atoms with Gasteiger partial charge >= 0.3 is 0 Å². The molecule has 1 amide bonds. The predicted octanol–water partition coefficient (Wildman–Crippen LogP) is 3.56. The first kappa shape index (κ1) is 20.8. The molecule has 0 aromatic heterocycles. The molecule has 136 valence electrons. The molecule has 0 unspecified atom stereocenters. The first-order valence-electron chi connectivity index (χ1n) is 8.13. The fourth-order valence-electron chi connectivity index (χ4n) is 2.53. The minimum atomic E-state index is -0.122. The molecule has 0 bridgehead atoms. The van der Waals surface area contributed by atoms with E-state index in [4.69, 9.17) is 9.47 Å². The van der Waals surface area contributed by atoms with Crippen molar-refractivity contribution >= 4 is 21.8 Å². The maximum Gasteiger partial charge on any atom is 0.251 e. The summed E-state index contributed by atoms with van der Waals surface area (Å²) in [6.45, 7) is 8.38. The Hall–Kier alpha value is -1.27. The van der Waals surface area contributed by atoms with Crippen LogP contribution in [0.1, 0.15) is 37.6 Å². The standard InChI is InChI=1S/C18H29BrN2O3/c1-7-8-24-16-14(19)9-13(10-15(16)23-6)17(22)20-11-18(2,3)12-21(4)5/h9-10H,7-8,11-12H2,1-6H3,(H,20,22). The summed E-state index contributed by atoms with van der Waals surface area (Å²) < 4.78 is 11.8. The highest BCUT2D eigenvalue weighted by atomic mass is 79.9. The Morgan fingerprint density at radius 3 is 2.54 bits per heavy atom. The smallest absolute Gasteiger partial charge is 0.251 e. The number of halogens is 1. The third-order valence-electron chi connectivity index (χ3n) is 3.41. The Morgan fingerprint density at radius 2 is 2.00 bits per heavy atom. The van der Waals surface area contributed by atoms with Crippen molar-refractivity contribution < 1.29 is 14.3 Å². The van der Waals surface area contributed by atoms with Crippen LogP contribution >= 0.6 is 15.9 Å². The highest BCUT2D eigenvalue weighted by Crippen LogP contribution is 2.36. The molecule has 0 aliphatic carbocycles. The lowest BCUT2D eigenvalue weighted by Gasteiger charge is -2.28. The van der Waals surface area contributed by atoms with Crippen LogP contribution in [0, 0.1) is 5.41 Å². The minimum Gasteiger partial charge on any atom is -0.493 e. The van der Waals surface area contributed by atoms with Crippen LogP contribution in [0.5, 0.6) is 11.5 Å². The summed E-state index contributed by atoms with van der Waals surface area (Å²) in [6, 6.07) is 3.48. The molecule has 0 saturated heterocycles. The molecule has 1 rings (SSSR count). The summed E-state index contributed by atoms with van der Waals surface area (Å²) >= 11 is 3.47. The van der Waals surface area contributed by atoms with E-state index < -0.39 is 0 Å². The van der Waals surface area contributed by atoms with Crippen molar-refractivity contribution in [1.82, 2.24) is 10.2 Å². The summed E-state index contributed by atoms with van der Waals surface area (Å²) in [7, 11) is 5.63. The monoisotopic (exact) mass is 400 g/mol. The van der Waals surface area contributed by atoms with Crippen LogP contribution in [0.4, 0.5) is 0 Å². The van der Waals surface area contributed by atoms with Gasteiger partial charge in [0.15, 0.2) is 11.5 Å². The molecule has 0 aliphatic heterocycles. The van der Waals surface area contributed by atoms with Gasteiger partial charge in [0.1, 0.15) is 0 Å². The molecule has 0 radical (unpaired) electrons.